The van der Waals surface area contributed by atoms with Crippen LogP contribution in [-0.2, 0) is 0 Å². The van der Waals surface area contributed by atoms with Crippen molar-refractivity contribution in [3.8, 4) is 0 Å². The maximum absolute atomic E-state index is 13.0. The third kappa shape index (κ3) is 2.85. The van der Waals surface area contributed by atoms with Gasteiger partial charge in [-0.1, -0.05) is 0 Å². The Hall–Kier alpha value is -1.16. The first-order valence-corrected chi connectivity index (χ1v) is 5.63. The highest BCUT2D eigenvalue weighted by Crippen LogP contribution is 2.62. The van der Waals surface area contributed by atoms with Crippen molar-refractivity contribution in [2.24, 2.45) is 5.73 Å². The van der Waals surface area contributed by atoms with Gasteiger partial charge in [0.2, 0.25) is 0 Å². The molecule has 0 radical (unpaired) electrons. The fourth-order valence-electron chi connectivity index (χ4n) is 1.30. The van der Waals surface area contributed by atoms with E-state index >= 15 is 0 Å². The van der Waals surface area contributed by atoms with Gasteiger partial charge in [-0.2, -0.15) is 61.5 Å². The van der Waals surface area contributed by atoms with Gasteiger partial charge in [0.05, 0.1) is 6.54 Å². The number of nitrogens with two attached hydrogens (primary N) is 1. The van der Waals surface area contributed by atoms with Crippen molar-refractivity contribution in [2.45, 2.75) is 47.9 Å². The fourth-order valence-corrected chi connectivity index (χ4v) is 1.30. The van der Waals surface area contributed by atoms with Crippen molar-refractivity contribution < 1.29 is 70.2 Å². The van der Waals surface area contributed by atoms with Crippen LogP contribution >= 0.6 is 0 Å². The molecule has 0 saturated heterocycles. The Balaban J connectivity index is 6.54. The molecule has 158 valence electrons. The summed E-state index contributed by atoms with van der Waals surface area (Å²) in [4.78, 5) is 0. The number of rotatable bonds is 8. The normalized spacial score (nSPS) is 16.4. The van der Waals surface area contributed by atoms with Gasteiger partial charge in [0, 0.05) is 0 Å². The number of hydrogen-bond donors (Lipinski definition) is 1. The third-order valence-corrected chi connectivity index (χ3v) is 2.99. The van der Waals surface area contributed by atoms with Crippen LogP contribution in [0.4, 0.5) is 70.2 Å². The van der Waals surface area contributed by atoms with Crippen LogP contribution in [0.1, 0.15) is 0 Å². The van der Waals surface area contributed by atoms with E-state index in [1.165, 1.54) is 0 Å². The summed E-state index contributed by atoms with van der Waals surface area (Å²) in [6.07, 6.45) is -5.85. The maximum atomic E-state index is 13.0. The summed E-state index contributed by atoms with van der Waals surface area (Å²) in [5, 5.41) is 0. The van der Waals surface area contributed by atoms with Gasteiger partial charge < -0.3 is 5.73 Å². The molecule has 17 heteroatoms. The monoisotopic (exact) mass is 431 g/mol. The average molecular weight is 431 g/mol. The zero-order chi connectivity index (χ0) is 21.8. The van der Waals surface area contributed by atoms with E-state index in [0.29, 0.717) is 0 Å². The molecule has 0 aromatic rings. The van der Waals surface area contributed by atoms with E-state index in [0.717, 1.165) is 0 Å². The highest BCUT2D eigenvalue weighted by Gasteiger charge is 2.93. The van der Waals surface area contributed by atoms with Gasteiger partial charge in [0.15, 0.2) is 0 Å². The van der Waals surface area contributed by atoms with Crippen LogP contribution in [0.3, 0.4) is 0 Å². The van der Waals surface area contributed by atoms with Crippen LogP contribution < -0.4 is 5.73 Å². The van der Waals surface area contributed by atoms with Crippen molar-refractivity contribution >= 4 is 0 Å². The van der Waals surface area contributed by atoms with Gasteiger partial charge in [-0.3, -0.25) is 0 Å². The van der Waals surface area contributed by atoms with Crippen LogP contribution in [0, 0.1) is 0 Å². The predicted molar refractivity (Wildman–Crippen MR) is 49.7 cm³/mol. The van der Waals surface area contributed by atoms with Crippen LogP contribution in [-0.4, -0.2) is 54.4 Å². The second kappa shape index (κ2) is 6.19. The SMILES string of the molecule is NCC(F)(F)C(F)(F)C(F)(F)C(F)(F)C(F)(F)C(F)(F)C(F)(F)C(F)F. The molecule has 1 nitrogen and oxygen atoms in total. The Labute approximate surface area is 132 Å². The van der Waals surface area contributed by atoms with Crippen molar-refractivity contribution in [1.82, 2.24) is 0 Å². The molecule has 0 aliphatic heterocycles. The average Bonchev–Trinajstić information content (AvgIpc) is 2.45. The second-order valence-electron chi connectivity index (χ2n) is 4.70. The van der Waals surface area contributed by atoms with Gasteiger partial charge in [-0.15, -0.1) is 0 Å². The predicted octanol–water partition coefficient (Wildman–Crippen LogP) is 4.66. The summed E-state index contributed by atoms with van der Waals surface area (Å²) in [5.74, 6) is -54.3. The second-order valence-corrected chi connectivity index (χ2v) is 4.70. The molecule has 0 heterocycles. The van der Waals surface area contributed by atoms with Gasteiger partial charge in [0.25, 0.3) is 0 Å². The largest absolute Gasteiger partial charge is 0.384 e. The fraction of sp³-hybridized carbons (Fsp3) is 1.00. The molecule has 0 aliphatic carbocycles. The lowest BCUT2D eigenvalue weighted by atomic mass is 9.89. The highest BCUT2D eigenvalue weighted by atomic mass is 19.4. The third-order valence-electron chi connectivity index (χ3n) is 2.99. The molecular weight excluding hydrogens is 426 g/mol. The van der Waals surface area contributed by atoms with Crippen molar-refractivity contribution in [2.75, 3.05) is 6.54 Å². The number of alkyl halides is 16. The Morgan fingerprint density at radius 3 is 1.04 bits per heavy atom. The Morgan fingerprint density at radius 2 is 0.769 bits per heavy atom. The number of hydrogen-bond acceptors (Lipinski definition) is 1. The molecule has 0 bridgehead atoms. The van der Waals surface area contributed by atoms with E-state index in [1.807, 2.05) is 0 Å². The summed E-state index contributed by atoms with van der Waals surface area (Å²) in [5.41, 5.74) is 3.87. The molecule has 0 atom stereocenters. The summed E-state index contributed by atoms with van der Waals surface area (Å²) in [7, 11) is 0. The van der Waals surface area contributed by atoms with E-state index in [9.17, 15) is 70.2 Å². The lowest BCUT2D eigenvalue weighted by molar-refractivity contribution is -0.446. The van der Waals surface area contributed by atoms with E-state index < -0.39 is 54.4 Å². The first kappa shape index (κ1) is 24.8. The minimum Gasteiger partial charge on any atom is -0.325 e. The van der Waals surface area contributed by atoms with Crippen LogP contribution in [0.2, 0.25) is 0 Å². The van der Waals surface area contributed by atoms with Crippen LogP contribution in [0.15, 0.2) is 0 Å². The Morgan fingerprint density at radius 1 is 0.500 bits per heavy atom. The van der Waals surface area contributed by atoms with Crippen LogP contribution in [0.25, 0.3) is 0 Å². The van der Waals surface area contributed by atoms with E-state index in [-0.39, 0.29) is 0 Å². The molecule has 0 rings (SSSR count). The molecule has 0 unspecified atom stereocenters. The molecule has 0 aromatic heterocycles. The zero-order valence-corrected chi connectivity index (χ0v) is 11.4. The van der Waals surface area contributed by atoms with E-state index in [4.69, 9.17) is 0 Å². The number of halogens is 16. The van der Waals surface area contributed by atoms with Crippen molar-refractivity contribution in [3.05, 3.63) is 0 Å². The Kier molecular flexibility index (Phi) is 5.91. The molecule has 2 N–H and O–H groups in total. The maximum Gasteiger partial charge on any atom is 0.384 e. The highest BCUT2D eigenvalue weighted by molar-refractivity contribution is 5.14. The molecule has 26 heavy (non-hydrogen) atoms. The zero-order valence-electron chi connectivity index (χ0n) is 11.4. The van der Waals surface area contributed by atoms with Crippen LogP contribution in [0.5, 0.6) is 0 Å². The van der Waals surface area contributed by atoms with Crippen molar-refractivity contribution in [1.29, 1.82) is 0 Å². The first-order chi connectivity index (χ1) is 11.0. The molecule has 0 saturated carbocycles. The smallest absolute Gasteiger partial charge is 0.325 e. The lowest BCUT2D eigenvalue weighted by Crippen LogP contribution is -2.74. The molecule has 0 aromatic carbocycles. The van der Waals surface area contributed by atoms with Gasteiger partial charge in [-0.25, -0.2) is 8.78 Å². The molecule has 0 fully saturated rings. The minimum atomic E-state index is -8.36. The summed E-state index contributed by atoms with van der Waals surface area (Å²) < 4.78 is 203. The summed E-state index contributed by atoms with van der Waals surface area (Å²) in [6, 6.07) is 0. The van der Waals surface area contributed by atoms with Gasteiger partial charge in [0.1, 0.15) is 0 Å². The van der Waals surface area contributed by atoms with Gasteiger partial charge >= 0.3 is 47.9 Å². The standard InChI is InChI=1S/C9H5F16N/c10-2(11)4(14,15)6(18,19)8(22,23)9(24,25)7(20,21)5(16,17)3(12,13)1-26/h2H,1,26H2. The molecular formula is C9H5F16N. The molecule has 0 aliphatic rings. The molecule has 0 spiro atoms. The van der Waals surface area contributed by atoms with E-state index in [2.05, 4.69) is 5.73 Å². The lowest BCUT2D eigenvalue weighted by Gasteiger charge is -2.42. The first-order valence-electron chi connectivity index (χ1n) is 5.63. The summed E-state index contributed by atoms with van der Waals surface area (Å²) in [6.45, 7) is -2.89. The topological polar surface area (TPSA) is 26.0 Å². The van der Waals surface area contributed by atoms with E-state index in [1.54, 1.807) is 0 Å². The summed E-state index contributed by atoms with van der Waals surface area (Å²) >= 11 is 0. The molecule has 0 amide bonds. The minimum absolute atomic E-state index is 2.89. The Bertz CT molecular complexity index is 508. The van der Waals surface area contributed by atoms with Crippen molar-refractivity contribution in [3.63, 3.8) is 0 Å². The quantitative estimate of drug-likeness (QED) is 0.557. The van der Waals surface area contributed by atoms with Gasteiger partial charge in [-0.05, 0) is 0 Å².